The van der Waals surface area contributed by atoms with E-state index in [1.165, 1.54) is 13.3 Å². The molecule has 0 atom stereocenters. The summed E-state index contributed by atoms with van der Waals surface area (Å²) in [5, 5.41) is 8.42. The SMILES string of the molecule is CC.CC(=O)Nc1ncn[nH]1. The van der Waals surface area contributed by atoms with Crippen LogP contribution in [0.2, 0.25) is 0 Å². The molecule has 62 valence electrons. The molecule has 0 unspecified atom stereocenters. The van der Waals surface area contributed by atoms with Crippen molar-refractivity contribution in [1.82, 2.24) is 15.2 Å². The number of nitrogens with zero attached hydrogens (tertiary/aromatic N) is 2. The number of rotatable bonds is 1. The van der Waals surface area contributed by atoms with Gasteiger partial charge in [0.1, 0.15) is 6.33 Å². The molecule has 0 radical (unpaired) electrons. The minimum atomic E-state index is -0.160. The number of hydrogen-bond acceptors (Lipinski definition) is 3. The Balaban J connectivity index is 0.000000461. The standard InChI is InChI=1S/C4H6N4O.C2H6/c1-3(9)7-4-5-2-6-8-4;1-2/h2H,1H3,(H2,5,6,7,8,9);1-2H3. The van der Waals surface area contributed by atoms with Crippen LogP contribution in [-0.2, 0) is 4.79 Å². The second kappa shape index (κ2) is 5.40. The average molecular weight is 156 g/mol. The third-order valence-electron chi connectivity index (χ3n) is 0.709. The Labute approximate surface area is 65.2 Å². The third kappa shape index (κ3) is 4.07. The summed E-state index contributed by atoms with van der Waals surface area (Å²) in [5.74, 6) is 0.217. The first kappa shape index (κ1) is 9.61. The van der Waals surface area contributed by atoms with E-state index >= 15 is 0 Å². The Morgan fingerprint density at radius 3 is 2.64 bits per heavy atom. The lowest BCUT2D eigenvalue weighted by Crippen LogP contribution is -2.06. The Morgan fingerprint density at radius 1 is 1.64 bits per heavy atom. The van der Waals surface area contributed by atoms with Crippen LogP contribution in [0.3, 0.4) is 0 Å². The van der Waals surface area contributed by atoms with Gasteiger partial charge in [-0.3, -0.25) is 10.1 Å². The van der Waals surface area contributed by atoms with Gasteiger partial charge in [0, 0.05) is 6.92 Å². The summed E-state index contributed by atoms with van der Waals surface area (Å²) in [5.41, 5.74) is 0. The normalized spacial score (nSPS) is 7.91. The third-order valence-corrected chi connectivity index (χ3v) is 0.709. The van der Waals surface area contributed by atoms with E-state index in [-0.39, 0.29) is 5.91 Å². The van der Waals surface area contributed by atoms with Crippen LogP contribution in [0.1, 0.15) is 20.8 Å². The van der Waals surface area contributed by atoms with Crippen molar-refractivity contribution in [2.75, 3.05) is 5.32 Å². The van der Waals surface area contributed by atoms with Crippen molar-refractivity contribution in [2.24, 2.45) is 0 Å². The molecule has 1 heterocycles. The summed E-state index contributed by atoms with van der Waals surface area (Å²) in [6.45, 7) is 5.41. The van der Waals surface area contributed by atoms with Gasteiger partial charge in [0.2, 0.25) is 11.9 Å². The predicted octanol–water partition coefficient (Wildman–Crippen LogP) is 0.789. The molecule has 1 aromatic heterocycles. The van der Waals surface area contributed by atoms with Crippen LogP contribution in [0.5, 0.6) is 0 Å². The molecule has 0 spiro atoms. The van der Waals surface area contributed by atoms with Crippen molar-refractivity contribution >= 4 is 11.9 Å². The Hall–Kier alpha value is -1.39. The van der Waals surface area contributed by atoms with Crippen LogP contribution in [0.4, 0.5) is 5.95 Å². The molecular formula is C6H12N4O. The number of hydrogen-bond donors (Lipinski definition) is 2. The Bertz CT molecular complexity index is 194. The predicted molar refractivity (Wildman–Crippen MR) is 42.0 cm³/mol. The molecule has 0 fully saturated rings. The molecule has 1 rings (SSSR count). The minimum Gasteiger partial charge on any atom is -0.295 e. The number of nitrogens with one attached hydrogen (secondary N) is 2. The van der Waals surface area contributed by atoms with Gasteiger partial charge in [-0.05, 0) is 0 Å². The monoisotopic (exact) mass is 156 g/mol. The van der Waals surface area contributed by atoms with Crippen LogP contribution in [0, 0.1) is 0 Å². The highest BCUT2D eigenvalue weighted by Crippen LogP contribution is 1.89. The zero-order valence-corrected chi connectivity index (χ0v) is 6.88. The number of aromatic nitrogens is 3. The summed E-state index contributed by atoms with van der Waals surface area (Å²) < 4.78 is 0. The lowest BCUT2D eigenvalue weighted by atomic mass is 10.7. The number of aromatic amines is 1. The van der Waals surface area contributed by atoms with Crippen molar-refractivity contribution in [2.45, 2.75) is 20.8 Å². The van der Waals surface area contributed by atoms with E-state index in [0.717, 1.165) is 0 Å². The zero-order chi connectivity index (χ0) is 8.69. The number of H-pyrrole nitrogens is 1. The number of carbonyl (C=O) groups excluding carboxylic acids is 1. The number of carbonyl (C=O) groups is 1. The van der Waals surface area contributed by atoms with Gasteiger partial charge in [0.15, 0.2) is 0 Å². The van der Waals surface area contributed by atoms with Crippen molar-refractivity contribution in [3.05, 3.63) is 6.33 Å². The van der Waals surface area contributed by atoms with E-state index in [0.29, 0.717) is 5.95 Å². The molecule has 1 amide bonds. The minimum absolute atomic E-state index is 0.160. The van der Waals surface area contributed by atoms with Gasteiger partial charge in [-0.15, -0.1) is 0 Å². The van der Waals surface area contributed by atoms with Gasteiger partial charge in [-0.1, -0.05) is 13.8 Å². The van der Waals surface area contributed by atoms with E-state index in [1.54, 1.807) is 0 Å². The summed E-state index contributed by atoms with van der Waals surface area (Å²) >= 11 is 0. The molecule has 1 aromatic rings. The lowest BCUT2D eigenvalue weighted by Gasteiger charge is -1.90. The molecule has 0 aliphatic rings. The quantitative estimate of drug-likeness (QED) is 0.631. The fourth-order valence-corrected chi connectivity index (χ4v) is 0.432. The van der Waals surface area contributed by atoms with Crippen molar-refractivity contribution in [3.63, 3.8) is 0 Å². The summed E-state index contributed by atoms with van der Waals surface area (Å²) in [4.78, 5) is 14.0. The van der Waals surface area contributed by atoms with Gasteiger partial charge in [0.05, 0.1) is 0 Å². The molecule has 0 aromatic carbocycles. The van der Waals surface area contributed by atoms with Crippen molar-refractivity contribution in [1.29, 1.82) is 0 Å². The number of amides is 1. The highest BCUT2D eigenvalue weighted by Gasteiger charge is 1.93. The van der Waals surface area contributed by atoms with E-state index in [1.807, 2.05) is 13.8 Å². The fourth-order valence-electron chi connectivity index (χ4n) is 0.432. The van der Waals surface area contributed by atoms with Crippen LogP contribution in [0.15, 0.2) is 6.33 Å². The average Bonchev–Trinajstić information content (AvgIpc) is 2.43. The van der Waals surface area contributed by atoms with Crippen LogP contribution >= 0.6 is 0 Å². The molecule has 11 heavy (non-hydrogen) atoms. The molecule has 0 aliphatic carbocycles. The van der Waals surface area contributed by atoms with Gasteiger partial charge in [-0.25, -0.2) is 5.10 Å². The van der Waals surface area contributed by atoms with Crippen LogP contribution in [-0.4, -0.2) is 21.1 Å². The first-order valence-electron chi connectivity index (χ1n) is 3.42. The van der Waals surface area contributed by atoms with Gasteiger partial charge in [-0.2, -0.15) is 10.1 Å². The summed E-state index contributed by atoms with van der Waals surface area (Å²) in [6.07, 6.45) is 1.32. The first-order chi connectivity index (χ1) is 5.29. The molecular weight excluding hydrogens is 144 g/mol. The maximum absolute atomic E-state index is 10.3. The highest BCUT2D eigenvalue weighted by atomic mass is 16.1. The zero-order valence-electron chi connectivity index (χ0n) is 6.88. The first-order valence-corrected chi connectivity index (χ1v) is 3.42. The van der Waals surface area contributed by atoms with Gasteiger partial charge >= 0.3 is 0 Å². The largest absolute Gasteiger partial charge is 0.295 e. The second-order valence-corrected chi connectivity index (χ2v) is 1.52. The number of anilines is 1. The van der Waals surface area contributed by atoms with Crippen molar-refractivity contribution < 1.29 is 4.79 Å². The summed E-state index contributed by atoms with van der Waals surface area (Å²) in [7, 11) is 0. The van der Waals surface area contributed by atoms with E-state index in [2.05, 4.69) is 20.5 Å². The molecule has 0 bridgehead atoms. The lowest BCUT2D eigenvalue weighted by molar-refractivity contribution is -0.114. The summed E-state index contributed by atoms with van der Waals surface area (Å²) in [6, 6.07) is 0. The Morgan fingerprint density at radius 2 is 2.27 bits per heavy atom. The van der Waals surface area contributed by atoms with E-state index < -0.39 is 0 Å². The van der Waals surface area contributed by atoms with Gasteiger partial charge < -0.3 is 0 Å². The maximum Gasteiger partial charge on any atom is 0.225 e. The molecule has 5 heteroatoms. The van der Waals surface area contributed by atoms with E-state index in [4.69, 9.17) is 0 Å². The Kier molecular flexibility index (Phi) is 4.72. The van der Waals surface area contributed by atoms with Crippen LogP contribution < -0.4 is 5.32 Å². The van der Waals surface area contributed by atoms with E-state index in [9.17, 15) is 4.79 Å². The smallest absolute Gasteiger partial charge is 0.225 e. The topological polar surface area (TPSA) is 70.7 Å². The molecule has 0 saturated heterocycles. The second-order valence-electron chi connectivity index (χ2n) is 1.52. The van der Waals surface area contributed by atoms with Crippen LogP contribution in [0.25, 0.3) is 0 Å². The molecule has 2 N–H and O–H groups in total. The van der Waals surface area contributed by atoms with Gasteiger partial charge in [0.25, 0.3) is 0 Å². The molecule has 0 aliphatic heterocycles. The molecule has 0 saturated carbocycles. The highest BCUT2D eigenvalue weighted by molar-refractivity contribution is 5.86. The maximum atomic E-state index is 10.3. The van der Waals surface area contributed by atoms with Crippen molar-refractivity contribution in [3.8, 4) is 0 Å². The fraction of sp³-hybridized carbons (Fsp3) is 0.500. The molecule has 5 nitrogen and oxygen atoms in total.